The van der Waals surface area contributed by atoms with Gasteiger partial charge in [-0.3, -0.25) is 18.3 Å². The smallest absolute Gasteiger partial charge is 0.260 e. The zero-order valence-corrected chi connectivity index (χ0v) is 32.5. The minimum Gasteiger partial charge on any atom is -0.260 e. The number of aromatic nitrogens is 4. The van der Waals surface area contributed by atoms with Crippen molar-refractivity contribution in [1.29, 1.82) is 0 Å². The second-order valence-electron chi connectivity index (χ2n) is 14.5. The molecule has 10 aromatic rings. The molecule has 6 nitrogen and oxygen atoms in total. The second kappa shape index (κ2) is 15.6. The maximum atomic E-state index is 14.7. The van der Waals surface area contributed by atoms with E-state index in [1.165, 1.54) is 0 Å². The Hall–Kier alpha value is -8.22. The fraction of sp³-hybridized carbons (Fsp3) is 0. The van der Waals surface area contributed by atoms with Crippen LogP contribution in [-0.4, -0.2) is 18.3 Å². The van der Waals surface area contributed by atoms with Crippen molar-refractivity contribution < 1.29 is 0 Å². The average Bonchev–Trinajstić information content (AvgIpc) is 3.81. The Balaban J connectivity index is 1.09. The molecule has 0 saturated carbocycles. The molecule has 0 bridgehead atoms. The molecule has 0 fully saturated rings. The Labute approximate surface area is 347 Å². The molecule has 0 aliphatic carbocycles. The van der Waals surface area contributed by atoms with Crippen LogP contribution in [0.15, 0.2) is 240 Å². The fourth-order valence-electron chi connectivity index (χ4n) is 8.17. The lowest BCUT2D eigenvalue weighted by Gasteiger charge is -2.13. The lowest BCUT2D eigenvalue weighted by Crippen LogP contribution is -2.22. The second-order valence-corrected chi connectivity index (χ2v) is 14.5. The van der Waals surface area contributed by atoms with E-state index in [0.717, 1.165) is 78.9 Å². The van der Waals surface area contributed by atoms with Gasteiger partial charge >= 0.3 is 11.4 Å². The van der Waals surface area contributed by atoms with Crippen LogP contribution in [0.1, 0.15) is 0 Å². The first-order valence-electron chi connectivity index (χ1n) is 19.9. The van der Waals surface area contributed by atoms with Crippen molar-refractivity contribution in [2.75, 3.05) is 0 Å². The van der Waals surface area contributed by atoms with Crippen LogP contribution in [0.25, 0.3) is 78.9 Å². The molecule has 0 atom stereocenters. The van der Waals surface area contributed by atoms with Crippen molar-refractivity contribution in [3.8, 4) is 78.9 Å². The number of imidazole rings is 2. The zero-order valence-electron chi connectivity index (χ0n) is 32.5. The Morgan fingerprint density at radius 2 is 0.400 bits per heavy atom. The summed E-state index contributed by atoms with van der Waals surface area (Å²) < 4.78 is 7.25. The highest BCUT2D eigenvalue weighted by Gasteiger charge is 2.26. The molecule has 0 N–H and O–H groups in total. The lowest BCUT2D eigenvalue weighted by molar-refractivity contribution is 0.913. The third-order valence-electron chi connectivity index (χ3n) is 10.9. The summed E-state index contributed by atoms with van der Waals surface area (Å²) in [7, 11) is 0. The molecule has 0 aliphatic heterocycles. The predicted octanol–water partition coefficient (Wildman–Crippen LogP) is 11.9. The summed E-state index contributed by atoms with van der Waals surface area (Å²) in [6, 6.07) is 76.2. The van der Waals surface area contributed by atoms with Crippen molar-refractivity contribution in [3.63, 3.8) is 0 Å². The van der Waals surface area contributed by atoms with Crippen LogP contribution in [0.4, 0.5) is 0 Å². The highest BCUT2D eigenvalue weighted by Crippen LogP contribution is 2.37. The Morgan fingerprint density at radius 1 is 0.200 bits per heavy atom. The van der Waals surface area contributed by atoms with E-state index in [2.05, 4.69) is 24.3 Å². The summed E-state index contributed by atoms with van der Waals surface area (Å²) in [5.41, 5.74) is 11.7. The van der Waals surface area contributed by atoms with E-state index in [1.54, 1.807) is 0 Å². The van der Waals surface area contributed by atoms with Crippen LogP contribution in [0, 0.1) is 0 Å². The van der Waals surface area contributed by atoms with Crippen molar-refractivity contribution in [2.24, 2.45) is 0 Å². The van der Waals surface area contributed by atoms with Gasteiger partial charge in [0.1, 0.15) is 0 Å². The molecule has 0 aliphatic rings. The zero-order chi connectivity index (χ0) is 40.4. The molecule has 2 aromatic heterocycles. The molecule has 0 radical (unpaired) electrons. The number of nitrogens with zero attached hydrogens (tertiary/aromatic N) is 4. The van der Waals surface area contributed by atoms with Crippen molar-refractivity contribution in [3.05, 3.63) is 251 Å². The summed E-state index contributed by atoms with van der Waals surface area (Å²) in [4.78, 5) is 29.5. The van der Waals surface area contributed by atoms with E-state index in [-0.39, 0.29) is 11.4 Å². The topological polar surface area (TPSA) is 53.9 Å². The van der Waals surface area contributed by atoms with E-state index in [4.69, 9.17) is 0 Å². The minimum atomic E-state index is -0.159. The van der Waals surface area contributed by atoms with Gasteiger partial charge in [0, 0.05) is 22.3 Å². The quantitative estimate of drug-likeness (QED) is 0.147. The molecule has 0 amide bonds. The average molecular weight is 775 g/mol. The summed E-state index contributed by atoms with van der Waals surface area (Å²) in [5, 5.41) is 0. The largest absolute Gasteiger partial charge is 0.338 e. The molecule has 8 aromatic carbocycles. The first-order chi connectivity index (χ1) is 29.7. The Bertz CT molecular complexity index is 2950. The molecule has 2 heterocycles. The number of para-hydroxylation sites is 2. The maximum absolute atomic E-state index is 14.7. The van der Waals surface area contributed by atoms with Crippen molar-refractivity contribution in [1.82, 2.24) is 18.3 Å². The molecule has 0 unspecified atom stereocenters. The monoisotopic (exact) mass is 774 g/mol. The molecular formula is C54H38N4O2. The minimum absolute atomic E-state index is 0.159. The third kappa shape index (κ3) is 6.42. The summed E-state index contributed by atoms with van der Waals surface area (Å²) in [6.07, 6.45) is 0. The van der Waals surface area contributed by atoms with E-state index in [9.17, 15) is 9.59 Å². The predicted molar refractivity (Wildman–Crippen MR) is 243 cm³/mol. The first kappa shape index (κ1) is 36.1. The molecule has 0 saturated heterocycles. The third-order valence-corrected chi connectivity index (χ3v) is 10.9. The van der Waals surface area contributed by atoms with Crippen LogP contribution in [-0.2, 0) is 0 Å². The van der Waals surface area contributed by atoms with Crippen LogP contribution in [0.5, 0.6) is 0 Å². The standard InChI is InChI=1S/C54H38N4O2/c59-53-55(45-27-15-5-16-28-45)49(41-19-7-1-8-20-41)51(43-23-11-3-12-24-43)57(53)47-35-31-39(32-36-47)40-33-37-48(38-34-40)58-52(44-25-13-4-14-26-44)50(42-21-9-2-10-22-42)56(54(58)60)46-29-17-6-18-30-46/h1-38H. The van der Waals surface area contributed by atoms with E-state index in [0.29, 0.717) is 0 Å². The number of rotatable bonds is 9. The first-order valence-corrected chi connectivity index (χ1v) is 19.9. The van der Waals surface area contributed by atoms with Crippen LogP contribution < -0.4 is 11.4 Å². The molecular weight excluding hydrogens is 737 g/mol. The number of hydrogen-bond acceptors (Lipinski definition) is 2. The van der Waals surface area contributed by atoms with Gasteiger partial charge in [0.25, 0.3) is 0 Å². The van der Waals surface area contributed by atoms with Crippen molar-refractivity contribution in [2.45, 2.75) is 0 Å². The van der Waals surface area contributed by atoms with Gasteiger partial charge in [-0.15, -0.1) is 0 Å². The Morgan fingerprint density at radius 3 is 0.633 bits per heavy atom. The SMILES string of the molecule is O=c1n(-c2ccccc2)c(-c2ccccc2)c(-c2ccccc2)n1-c1ccc(-c2ccc(-n3c(-c4ccccc4)c(-c4ccccc4)n(-c4ccccc4)c3=O)cc2)cc1. The van der Waals surface area contributed by atoms with Gasteiger partial charge in [-0.2, -0.15) is 0 Å². The number of hydrogen-bond donors (Lipinski definition) is 0. The van der Waals surface area contributed by atoms with E-state index >= 15 is 0 Å². The normalized spacial score (nSPS) is 11.1. The van der Waals surface area contributed by atoms with Gasteiger partial charge in [-0.05, 0) is 59.7 Å². The van der Waals surface area contributed by atoms with Gasteiger partial charge in [0.15, 0.2) is 0 Å². The molecule has 60 heavy (non-hydrogen) atoms. The lowest BCUT2D eigenvalue weighted by atomic mass is 10.0. The fourth-order valence-corrected chi connectivity index (χ4v) is 8.17. The van der Waals surface area contributed by atoms with Gasteiger partial charge in [-0.25, -0.2) is 9.59 Å². The molecule has 10 rings (SSSR count). The Kier molecular flexibility index (Phi) is 9.40. The van der Waals surface area contributed by atoms with Crippen LogP contribution >= 0.6 is 0 Å². The van der Waals surface area contributed by atoms with Gasteiger partial charge in [0.05, 0.1) is 45.5 Å². The van der Waals surface area contributed by atoms with Crippen LogP contribution in [0.3, 0.4) is 0 Å². The highest BCUT2D eigenvalue weighted by molar-refractivity contribution is 5.84. The van der Waals surface area contributed by atoms with Crippen molar-refractivity contribution >= 4 is 0 Å². The van der Waals surface area contributed by atoms with Gasteiger partial charge in [-0.1, -0.05) is 182 Å². The van der Waals surface area contributed by atoms with Gasteiger partial charge in [0.2, 0.25) is 0 Å². The van der Waals surface area contributed by atoms with Crippen LogP contribution in [0.2, 0.25) is 0 Å². The van der Waals surface area contributed by atoms with E-state index in [1.807, 2.05) is 225 Å². The number of benzene rings is 8. The molecule has 286 valence electrons. The summed E-state index contributed by atoms with van der Waals surface area (Å²) in [5.74, 6) is 0. The summed E-state index contributed by atoms with van der Waals surface area (Å²) in [6.45, 7) is 0. The highest BCUT2D eigenvalue weighted by atomic mass is 16.2. The van der Waals surface area contributed by atoms with E-state index < -0.39 is 0 Å². The molecule has 0 spiro atoms. The van der Waals surface area contributed by atoms with Gasteiger partial charge < -0.3 is 0 Å². The summed E-state index contributed by atoms with van der Waals surface area (Å²) >= 11 is 0. The maximum Gasteiger partial charge on any atom is 0.338 e. The molecule has 6 heteroatoms.